The summed E-state index contributed by atoms with van der Waals surface area (Å²) in [6.45, 7) is 8.25. The predicted octanol–water partition coefficient (Wildman–Crippen LogP) is 5.28. The molecule has 0 saturated carbocycles. The van der Waals surface area contributed by atoms with Crippen molar-refractivity contribution in [3.63, 3.8) is 0 Å². The van der Waals surface area contributed by atoms with Crippen LogP contribution in [0.1, 0.15) is 47.7 Å². The summed E-state index contributed by atoms with van der Waals surface area (Å²) in [6.07, 6.45) is 3.37. The molecule has 0 radical (unpaired) electrons. The van der Waals surface area contributed by atoms with Crippen molar-refractivity contribution in [1.82, 2.24) is 4.57 Å². The fourth-order valence-electron chi connectivity index (χ4n) is 3.38. The monoisotopic (exact) mass is 426 g/mol. The van der Waals surface area contributed by atoms with Gasteiger partial charge in [0.2, 0.25) is 0 Å². The van der Waals surface area contributed by atoms with E-state index in [1.165, 1.54) is 17.5 Å². The number of hydrogen-bond acceptors (Lipinski definition) is 4. The molecule has 1 aromatic heterocycles. The zero-order valence-electron chi connectivity index (χ0n) is 18.2. The van der Waals surface area contributed by atoms with E-state index >= 15 is 0 Å². The lowest BCUT2D eigenvalue weighted by Crippen LogP contribution is -2.19. The van der Waals surface area contributed by atoms with E-state index in [1.54, 1.807) is 30.6 Å². The Kier molecular flexibility index (Phi) is 7.82. The van der Waals surface area contributed by atoms with Crippen molar-refractivity contribution < 1.29 is 14.3 Å². The Bertz CT molecular complexity index is 1060. The molecule has 160 valence electrons. The van der Waals surface area contributed by atoms with E-state index in [2.05, 4.69) is 42.5 Å². The second-order valence-electron chi connectivity index (χ2n) is 7.46. The Morgan fingerprint density at radius 3 is 2.57 bits per heavy atom. The SMILES string of the molecule is CCCCCOc1ccc(C(=O)N=c2sc3c(C)cc(C)cc3n2CCOC)cc1. The molecule has 3 rings (SSSR count). The highest BCUT2D eigenvalue weighted by molar-refractivity contribution is 7.16. The lowest BCUT2D eigenvalue weighted by Gasteiger charge is -2.06. The third-order valence-electron chi connectivity index (χ3n) is 4.95. The van der Waals surface area contributed by atoms with E-state index in [0.29, 0.717) is 30.1 Å². The van der Waals surface area contributed by atoms with Crippen LogP contribution in [0.25, 0.3) is 10.2 Å². The molecule has 1 amide bonds. The van der Waals surface area contributed by atoms with Gasteiger partial charge in [-0.1, -0.05) is 37.2 Å². The Labute approximate surface area is 182 Å². The maximum Gasteiger partial charge on any atom is 0.279 e. The van der Waals surface area contributed by atoms with Gasteiger partial charge in [-0.05, 0) is 61.7 Å². The van der Waals surface area contributed by atoms with Gasteiger partial charge in [-0.15, -0.1) is 0 Å². The number of nitrogens with zero attached hydrogens (tertiary/aromatic N) is 2. The Morgan fingerprint density at radius 1 is 1.10 bits per heavy atom. The zero-order chi connectivity index (χ0) is 21.5. The van der Waals surface area contributed by atoms with Crippen LogP contribution in [-0.4, -0.2) is 30.8 Å². The molecular weight excluding hydrogens is 396 g/mol. The van der Waals surface area contributed by atoms with E-state index < -0.39 is 0 Å². The lowest BCUT2D eigenvalue weighted by atomic mass is 10.1. The number of fused-ring (bicyclic) bond motifs is 1. The summed E-state index contributed by atoms with van der Waals surface area (Å²) in [4.78, 5) is 18.0. The highest BCUT2D eigenvalue weighted by Crippen LogP contribution is 2.23. The molecule has 0 bridgehead atoms. The van der Waals surface area contributed by atoms with E-state index in [0.717, 1.165) is 28.8 Å². The predicted molar refractivity (Wildman–Crippen MR) is 123 cm³/mol. The minimum atomic E-state index is -0.250. The zero-order valence-corrected chi connectivity index (χ0v) is 19.1. The van der Waals surface area contributed by atoms with Crippen molar-refractivity contribution in [2.45, 2.75) is 46.6 Å². The van der Waals surface area contributed by atoms with Crippen LogP contribution in [0.15, 0.2) is 41.4 Å². The van der Waals surface area contributed by atoms with Crippen molar-refractivity contribution in [1.29, 1.82) is 0 Å². The van der Waals surface area contributed by atoms with Crippen molar-refractivity contribution in [2.75, 3.05) is 20.3 Å². The number of hydrogen-bond donors (Lipinski definition) is 0. The van der Waals surface area contributed by atoms with Crippen molar-refractivity contribution >= 4 is 27.5 Å². The first-order chi connectivity index (χ1) is 14.5. The first-order valence-electron chi connectivity index (χ1n) is 10.4. The first-order valence-corrected chi connectivity index (χ1v) is 11.3. The quantitative estimate of drug-likeness (QED) is 0.438. The summed E-state index contributed by atoms with van der Waals surface area (Å²) >= 11 is 1.55. The summed E-state index contributed by atoms with van der Waals surface area (Å²) < 4.78 is 14.2. The minimum Gasteiger partial charge on any atom is -0.494 e. The van der Waals surface area contributed by atoms with Crippen LogP contribution in [-0.2, 0) is 11.3 Å². The molecule has 30 heavy (non-hydrogen) atoms. The van der Waals surface area contributed by atoms with Gasteiger partial charge < -0.3 is 14.0 Å². The number of ether oxygens (including phenoxy) is 2. The second-order valence-corrected chi connectivity index (χ2v) is 8.43. The molecule has 0 saturated heterocycles. The summed E-state index contributed by atoms with van der Waals surface area (Å²) in [5.74, 6) is 0.533. The highest BCUT2D eigenvalue weighted by atomic mass is 32.1. The molecule has 0 fully saturated rings. The van der Waals surface area contributed by atoms with Gasteiger partial charge in [0.15, 0.2) is 4.80 Å². The molecule has 1 heterocycles. The van der Waals surface area contributed by atoms with Crippen LogP contribution >= 0.6 is 11.3 Å². The third-order valence-corrected chi connectivity index (χ3v) is 6.18. The smallest absolute Gasteiger partial charge is 0.279 e. The minimum absolute atomic E-state index is 0.250. The van der Waals surface area contributed by atoms with E-state index in [1.807, 2.05) is 12.1 Å². The molecule has 3 aromatic rings. The molecule has 0 unspecified atom stereocenters. The number of rotatable bonds is 9. The summed E-state index contributed by atoms with van der Waals surface area (Å²) in [5.41, 5.74) is 4.03. The Hall–Kier alpha value is -2.44. The van der Waals surface area contributed by atoms with E-state index in [-0.39, 0.29) is 5.91 Å². The van der Waals surface area contributed by atoms with Gasteiger partial charge in [0, 0.05) is 19.2 Å². The van der Waals surface area contributed by atoms with Crippen LogP contribution in [0.3, 0.4) is 0 Å². The molecule has 6 heteroatoms. The number of amides is 1. The van der Waals surface area contributed by atoms with Gasteiger partial charge in [-0.3, -0.25) is 4.79 Å². The summed E-state index contributed by atoms with van der Waals surface area (Å²) in [5, 5.41) is 0. The number of aromatic nitrogens is 1. The van der Waals surface area contributed by atoms with Crippen molar-refractivity contribution in [3.8, 4) is 5.75 Å². The molecule has 5 nitrogen and oxygen atoms in total. The van der Waals surface area contributed by atoms with Crippen LogP contribution in [0.2, 0.25) is 0 Å². The maximum absolute atomic E-state index is 12.8. The number of unbranched alkanes of at least 4 members (excludes halogenated alkanes) is 2. The van der Waals surface area contributed by atoms with Gasteiger partial charge in [-0.2, -0.15) is 4.99 Å². The molecule has 0 atom stereocenters. The third kappa shape index (κ3) is 5.37. The van der Waals surface area contributed by atoms with Gasteiger partial charge in [0.1, 0.15) is 5.75 Å². The number of carbonyl (C=O) groups is 1. The van der Waals surface area contributed by atoms with Crippen LogP contribution in [0.4, 0.5) is 0 Å². The molecule has 2 aromatic carbocycles. The average Bonchev–Trinajstić information content (AvgIpc) is 3.07. The van der Waals surface area contributed by atoms with Crippen LogP contribution in [0.5, 0.6) is 5.75 Å². The number of aryl methyl sites for hydroxylation is 2. The molecule has 0 aliphatic carbocycles. The normalized spacial score (nSPS) is 11.9. The van der Waals surface area contributed by atoms with Crippen LogP contribution < -0.4 is 9.54 Å². The topological polar surface area (TPSA) is 52.8 Å². The molecule has 0 aliphatic heterocycles. The molecular formula is C24H30N2O3S. The number of carbonyl (C=O) groups excluding carboxylic acids is 1. The number of benzene rings is 2. The molecule has 0 aliphatic rings. The van der Waals surface area contributed by atoms with E-state index in [9.17, 15) is 4.79 Å². The summed E-state index contributed by atoms with van der Waals surface area (Å²) in [6, 6.07) is 11.5. The number of methoxy groups -OCH3 is 1. The van der Waals surface area contributed by atoms with E-state index in [4.69, 9.17) is 9.47 Å². The molecule has 0 spiro atoms. The highest BCUT2D eigenvalue weighted by Gasteiger charge is 2.12. The largest absolute Gasteiger partial charge is 0.494 e. The first kappa shape index (κ1) is 22.2. The Balaban J connectivity index is 1.88. The second kappa shape index (κ2) is 10.5. The van der Waals surface area contributed by atoms with Gasteiger partial charge >= 0.3 is 0 Å². The molecule has 0 N–H and O–H groups in total. The average molecular weight is 427 g/mol. The van der Waals surface area contributed by atoms with Gasteiger partial charge in [-0.25, -0.2) is 0 Å². The standard InChI is InChI=1S/C24H30N2O3S/c1-5-6-7-13-29-20-10-8-19(9-11-20)23(27)25-24-26(12-14-28-4)21-16-17(2)15-18(3)22(21)30-24/h8-11,15-16H,5-7,12-14H2,1-4H3. The fraction of sp³-hybridized carbons (Fsp3) is 0.417. The lowest BCUT2D eigenvalue weighted by molar-refractivity contribution is 0.0997. The van der Waals surface area contributed by atoms with Gasteiger partial charge in [0.05, 0.1) is 23.4 Å². The fourth-order valence-corrected chi connectivity index (χ4v) is 4.49. The van der Waals surface area contributed by atoms with Crippen LogP contribution in [0, 0.1) is 13.8 Å². The summed E-state index contributed by atoms with van der Waals surface area (Å²) in [7, 11) is 1.68. The van der Waals surface area contributed by atoms with Crippen molar-refractivity contribution in [3.05, 3.63) is 57.9 Å². The number of thiazole rings is 1. The Morgan fingerprint density at radius 2 is 1.87 bits per heavy atom. The van der Waals surface area contributed by atoms with Gasteiger partial charge in [0.25, 0.3) is 5.91 Å². The van der Waals surface area contributed by atoms with Crippen molar-refractivity contribution in [2.24, 2.45) is 4.99 Å². The maximum atomic E-state index is 12.8.